The van der Waals surface area contributed by atoms with Crippen LogP contribution in [-0.4, -0.2) is 73.4 Å². The summed E-state index contributed by atoms with van der Waals surface area (Å²) in [5, 5.41) is 16.1. The summed E-state index contributed by atoms with van der Waals surface area (Å²) in [6, 6.07) is 12.5. The lowest BCUT2D eigenvalue weighted by Gasteiger charge is -2.41. The fourth-order valence-electron chi connectivity index (χ4n) is 4.93. The summed E-state index contributed by atoms with van der Waals surface area (Å²) >= 11 is 0. The molecule has 9 heteroatoms. The number of hydrogen-bond acceptors (Lipinski definition) is 8. The first-order valence-electron chi connectivity index (χ1n) is 13.1. The van der Waals surface area contributed by atoms with E-state index in [0.29, 0.717) is 11.4 Å². The topological polar surface area (TPSA) is 96.8 Å². The van der Waals surface area contributed by atoms with Crippen LogP contribution in [0.1, 0.15) is 46.2 Å². The number of piperidine rings is 1. The van der Waals surface area contributed by atoms with Crippen molar-refractivity contribution in [2.45, 2.75) is 58.2 Å². The van der Waals surface area contributed by atoms with Gasteiger partial charge < -0.3 is 30.1 Å². The van der Waals surface area contributed by atoms with Crippen molar-refractivity contribution in [1.29, 1.82) is 5.26 Å². The molecule has 0 radical (unpaired) electrons. The summed E-state index contributed by atoms with van der Waals surface area (Å²) in [4.78, 5) is 23.8. The van der Waals surface area contributed by atoms with Gasteiger partial charge in [-0.1, -0.05) is 0 Å². The number of alkyl carbamates (subject to hydrolysis) is 1. The molecule has 9 nitrogen and oxygen atoms in total. The number of piperazine rings is 1. The van der Waals surface area contributed by atoms with Crippen LogP contribution in [0.2, 0.25) is 0 Å². The van der Waals surface area contributed by atoms with Crippen LogP contribution in [0.3, 0.4) is 0 Å². The van der Waals surface area contributed by atoms with Crippen LogP contribution in [0.15, 0.2) is 36.5 Å². The molecule has 0 saturated carbocycles. The number of aromatic nitrogens is 1. The fraction of sp³-hybridized carbons (Fsp3) is 0.536. The predicted octanol–water partition coefficient (Wildman–Crippen LogP) is 4.33. The Hall–Kier alpha value is -3.51. The van der Waals surface area contributed by atoms with Gasteiger partial charge >= 0.3 is 6.09 Å². The van der Waals surface area contributed by atoms with Crippen LogP contribution in [-0.2, 0) is 4.74 Å². The Morgan fingerprint density at radius 3 is 2.46 bits per heavy atom. The lowest BCUT2D eigenvalue weighted by Crippen LogP contribution is -2.54. The van der Waals surface area contributed by atoms with Gasteiger partial charge in [0.15, 0.2) is 5.69 Å². The third-order valence-electron chi connectivity index (χ3n) is 7.02. The molecule has 37 heavy (non-hydrogen) atoms. The highest BCUT2D eigenvalue weighted by Crippen LogP contribution is 2.30. The van der Waals surface area contributed by atoms with Crippen molar-refractivity contribution in [2.24, 2.45) is 0 Å². The first kappa shape index (κ1) is 26.6. The number of carbonyl (C=O) groups is 1. The van der Waals surface area contributed by atoms with E-state index in [2.05, 4.69) is 62.5 Å². The van der Waals surface area contributed by atoms with E-state index in [1.807, 2.05) is 39.0 Å². The van der Waals surface area contributed by atoms with Crippen molar-refractivity contribution in [3.05, 3.63) is 42.2 Å². The number of pyridine rings is 1. The summed E-state index contributed by atoms with van der Waals surface area (Å²) in [6.07, 6.45) is 3.16. The van der Waals surface area contributed by atoms with E-state index in [0.717, 1.165) is 56.9 Å². The van der Waals surface area contributed by atoms with E-state index in [1.54, 1.807) is 6.20 Å². The molecule has 0 bridgehead atoms. The predicted molar refractivity (Wildman–Crippen MR) is 148 cm³/mol. The summed E-state index contributed by atoms with van der Waals surface area (Å²) in [7, 11) is 2.15. The number of benzene rings is 1. The van der Waals surface area contributed by atoms with Gasteiger partial charge in [0, 0.05) is 50.1 Å². The van der Waals surface area contributed by atoms with Gasteiger partial charge in [-0.15, -0.1) is 0 Å². The summed E-state index contributed by atoms with van der Waals surface area (Å²) < 4.78 is 5.47. The Labute approximate surface area is 220 Å². The molecular weight excluding hydrogens is 466 g/mol. The van der Waals surface area contributed by atoms with Gasteiger partial charge in [-0.2, -0.15) is 5.26 Å². The van der Waals surface area contributed by atoms with Gasteiger partial charge in [-0.25, -0.2) is 9.78 Å². The highest BCUT2D eigenvalue weighted by molar-refractivity contribution is 5.71. The first-order chi connectivity index (χ1) is 17.6. The Morgan fingerprint density at radius 1 is 1.11 bits per heavy atom. The van der Waals surface area contributed by atoms with E-state index >= 15 is 0 Å². The number of carbonyl (C=O) groups excluding carboxylic acids is 1. The summed E-state index contributed by atoms with van der Waals surface area (Å²) in [6.45, 7) is 12.7. The Morgan fingerprint density at radius 2 is 1.81 bits per heavy atom. The largest absolute Gasteiger partial charge is 0.444 e. The van der Waals surface area contributed by atoms with E-state index in [4.69, 9.17) is 4.74 Å². The molecule has 0 spiro atoms. The van der Waals surface area contributed by atoms with Crippen molar-refractivity contribution in [3.8, 4) is 6.07 Å². The van der Waals surface area contributed by atoms with Crippen molar-refractivity contribution < 1.29 is 9.53 Å². The van der Waals surface area contributed by atoms with Crippen molar-refractivity contribution in [3.63, 3.8) is 0 Å². The molecule has 2 aromatic rings. The minimum absolute atomic E-state index is 0.0437. The van der Waals surface area contributed by atoms with E-state index < -0.39 is 11.7 Å². The minimum Gasteiger partial charge on any atom is -0.444 e. The zero-order chi connectivity index (χ0) is 26.6. The quantitative estimate of drug-likeness (QED) is 0.620. The normalized spacial score (nSPS) is 20.8. The molecule has 1 aromatic carbocycles. The molecule has 1 aromatic heterocycles. The second-order valence-electron chi connectivity index (χ2n) is 11.0. The zero-order valence-corrected chi connectivity index (χ0v) is 22.6. The van der Waals surface area contributed by atoms with Crippen LogP contribution >= 0.6 is 0 Å². The molecule has 3 heterocycles. The number of amides is 1. The molecule has 2 fully saturated rings. The maximum Gasteiger partial charge on any atom is 0.407 e. The molecule has 0 unspecified atom stereocenters. The van der Waals surface area contributed by atoms with Gasteiger partial charge in [0.2, 0.25) is 0 Å². The SMILES string of the molecule is C[C@@H]1[C@H](NC(=O)OC(C)(C)C)CCCN1c1cnc(C#N)c(Nc2ccc(N3CCN(C)CC3)cc2)c1. The molecule has 2 atom stereocenters. The molecule has 2 saturated heterocycles. The fourth-order valence-corrected chi connectivity index (χ4v) is 4.93. The molecule has 1 amide bonds. The maximum absolute atomic E-state index is 12.4. The number of nitrogens with zero attached hydrogens (tertiary/aromatic N) is 5. The van der Waals surface area contributed by atoms with Crippen LogP contribution < -0.4 is 20.4 Å². The van der Waals surface area contributed by atoms with Crippen molar-refractivity contribution in [1.82, 2.24) is 15.2 Å². The highest BCUT2D eigenvalue weighted by Gasteiger charge is 2.31. The molecular formula is C28H39N7O2. The number of ether oxygens (including phenoxy) is 1. The number of anilines is 4. The number of likely N-dealkylation sites (N-methyl/N-ethyl adjacent to an activating group) is 1. The van der Waals surface area contributed by atoms with Gasteiger partial charge in [-0.3, -0.25) is 0 Å². The summed E-state index contributed by atoms with van der Waals surface area (Å²) in [5.74, 6) is 0. The average molecular weight is 506 g/mol. The molecule has 4 rings (SSSR count). The average Bonchev–Trinajstić information content (AvgIpc) is 2.85. The number of hydrogen-bond donors (Lipinski definition) is 2. The lowest BCUT2D eigenvalue weighted by atomic mass is 9.97. The van der Waals surface area contributed by atoms with E-state index in [9.17, 15) is 10.1 Å². The van der Waals surface area contributed by atoms with Crippen LogP contribution in [0.25, 0.3) is 0 Å². The lowest BCUT2D eigenvalue weighted by molar-refractivity contribution is 0.0489. The molecule has 2 aliphatic rings. The Bertz CT molecular complexity index is 1110. The van der Waals surface area contributed by atoms with Crippen LogP contribution in [0.5, 0.6) is 0 Å². The number of rotatable bonds is 5. The standard InChI is InChI=1S/C28H39N7O2/c1-20-24(32-27(36)37-28(2,3)4)7-6-12-35(20)23-17-25(26(18-29)30-19-23)31-21-8-10-22(11-9-21)34-15-13-33(5)14-16-34/h8-11,17,19-20,24,31H,6-7,12-16H2,1-5H3,(H,32,36)/t20-,24-/m1/s1. The van der Waals surface area contributed by atoms with Crippen LogP contribution in [0, 0.1) is 11.3 Å². The third-order valence-corrected chi connectivity index (χ3v) is 7.02. The van der Waals surface area contributed by atoms with Gasteiger partial charge in [0.1, 0.15) is 11.7 Å². The molecule has 0 aliphatic carbocycles. The maximum atomic E-state index is 12.4. The van der Waals surface area contributed by atoms with E-state index in [-0.39, 0.29) is 12.1 Å². The van der Waals surface area contributed by atoms with Gasteiger partial charge in [0.25, 0.3) is 0 Å². The number of nitriles is 1. The zero-order valence-electron chi connectivity index (χ0n) is 22.6. The Kier molecular flexibility index (Phi) is 8.08. The van der Waals surface area contributed by atoms with Gasteiger partial charge in [-0.05, 0) is 77.9 Å². The van der Waals surface area contributed by atoms with Crippen molar-refractivity contribution in [2.75, 3.05) is 54.9 Å². The van der Waals surface area contributed by atoms with Crippen molar-refractivity contribution >= 4 is 28.8 Å². The Balaban J connectivity index is 1.46. The second-order valence-corrected chi connectivity index (χ2v) is 11.0. The molecule has 198 valence electrons. The highest BCUT2D eigenvalue weighted by atomic mass is 16.6. The van der Waals surface area contributed by atoms with Gasteiger partial charge in [0.05, 0.1) is 23.6 Å². The number of nitrogens with one attached hydrogen (secondary N) is 2. The van der Waals surface area contributed by atoms with Crippen LogP contribution in [0.4, 0.5) is 27.5 Å². The summed E-state index contributed by atoms with van der Waals surface area (Å²) in [5.41, 5.74) is 3.50. The third kappa shape index (κ3) is 6.83. The second kappa shape index (κ2) is 11.3. The molecule has 2 N–H and O–H groups in total. The smallest absolute Gasteiger partial charge is 0.407 e. The van der Waals surface area contributed by atoms with E-state index in [1.165, 1.54) is 5.69 Å². The first-order valence-corrected chi connectivity index (χ1v) is 13.1. The monoisotopic (exact) mass is 505 g/mol. The minimum atomic E-state index is -0.540. The molecule has 2 aliphatic heterocycles.